The Hall–Kier alpha value is -3.07. The van der Waals surface area contributed by atoms with Gasteiger partial charge in [-0.15, -0.1) is 0 Å². The molecule has 0 aromatic heterocycles. The van der Waals surface area contributed by atoms with Crippen molar-refractivity contribution in [3.8, 4) is 0 Å². The molecule has 1 atom stereocenters. The highest BCUT2D eigenvalue weighted by Crippen LogP contribution is 2.31. The highest BCUT2D eigenvalue weighted by atomic mass is 35.5. The molecule has 0 saturated carbocycles. The van der Waals surface area contributed by atoms with E-state index < -0.39 is 28.5 Å². The zero-order valence-electron chi connectivity index (χ0n) is 22.4. The van der Waals surface area contributed by atoms with Gasteiger partial charge in [-0.25, -0.2) is 8.42 Å². The van der Waals surface area contributed by atoms with Gasteiger partial charge in [0.1, 0.15) is 12.6 Å². The summed E-state index contributed by atoms with van der Waals surface area (Å²) in [5.74, 6) is -0.842. The second kappa shape index (κ2) is 13.3. The molecule has 0 aliphatic rings. The molecule has 0 radical (unpaired) electrons. The number of nitrogens with one attached hydrogen (secondary N) is 1. The molecule has 0 saturated heterocycles. The second-order valence-electron chi connectivity index (χ2n) is 9.52. The maximum Gasteiger partial charge on any atom is 0.264 e. The molecule has 3 aromatic carbocycles. The van der Waals surface area contributed by atoms with Crippen LogP contribution < -0.4 is 9.62 Å². The standard InChI is InChI=1S/C29H33Cl2N3O4S/c1-5-27(29(36)32-20(2)3)33(18-22-9-7-6-8-10-22)28(35)19-34(23-13-16-25(30)26(31)17-23)39(37,38)24-14-11-21(4)12-15-24/h6-17,20,27H,5,18-19H2,1-4H3,(H,32,36). The summed E-state index contributed by atoms with van der Waals surface area (Å²) in [6, 6.07) is 19.1. The fourth-order valence-electron chi connectivity index (χ4n) is 4.09. The maximum absolute atomic E-state index is 14.0. The van der Waals surface area contributed by atoms with Gasteiger partial charge in [0, 0.05) is 12.6 Å². The number of carbonyl (C=O) groups is 2. The van der Waals surface area contributed by atoms with Crippen LogP contribution in [0.3, 0.4) is 0 Å². The highest BCUT2D eigenvalue weighted by Gasteiger charge is 2.34. The molecule has 0 spiro atoms. The smallest absolute Gasteiger partial charge is 0.264 e. The van der Waals surface area contributed by atoms with E-state index in [-0.39, 0.29) is 39.1 Å². The molecule has 3 rings (SSSR count). The maximum atomic E-state index is 14.0. The van der Waals surface area contributed by atoms with Crippen molar-refractivity contribution in [2.24, 2.45) is 0 Å². The van der Waals surface area contributed by atoms with E-state index in [2.05, 4.69) is 5.32 Å². The van der Waals surface area contributed by atoms with Gasteiger partial charge in [0.25, 0.3) is 10.0 Å². The van der Waals surface area contributed by atoms with Gasteiger partial charge in [-0.3, -0.25) is 13.9 Å². The van der Waals surface area contributed by atoms with Gasteiger partial charge in [0.05, 0.1) is 20.6 Å². The number of carbonyl (C=O) groups excluding carboxylic acids is 2. The van der Waals surface area contributed by atoms with Gasteiger partial charge in [-0.2, -0.15) is 0 Å². The van der Waals surface area contributed by atoms with E-state index in [1.54, 1.807) is 12.1 Å². The third kappa shape index (κ3) is 7.75. The first-order valence-electron chi connectivity index (χ1n) is 12.6. The number of aryl methyl sites for hydroxylation is 1. The molecule has 3 aromatic rings. The number of anilines is 1. The molecular weight excluding hydrogens is 557 g/mol. The number of benzene rings is 3. The van der Waals surface area contributed by atoms with E-state index >= 15 is 0 Å². The molecule has 1 N–H and O–H groups in total. The molecule has 208 valence electrons. The average molecular weight is 591 g/mol. The van der Waals surface area contributed by atoms with Crippen LogP contribution in [0.1, 0.15) is 38.3 Å². The summed E-state index contributed by atoms with van der Waals surface area (Å²) < 4.78 is 28.8. The van der Waals surface area contributed by atoms with Crippen LogP contribution in [0.2, 0.25) is 10.0 Å². The Bertz CT molecular complexity index is 1400. The van der Waals surface area contributed by atoms with Crippen LogP contribution in [0, 0.1) is 6.92 Å². The molecule has 0 aliphatic heterocycles. The van der Waals surface area contributed by atoms with Gasteiger partial charge < -0.3 is 10.2 Å². The minimum absolute atomic E-state index is 0.0196. The molecule has 39 heavy (non-hydrogen) atoms. The third-order valence-electron chi connectivity index (χ3n) is 6.09. The Balaban J connectivity index is 2.07. The van der Waals surface area contributed by atoms with Crippen molar-refractivity contribution in [1.82, 2.24) is 10.2 Å². The summed E-state index contributed by atoms with van der Waals surface area (Å²) in [5.41, 5.74) is 1.88. The SMILES string of the molecule is CCC(C(=O)NC(C)C)N(Cc1ccccc1)C(=O)CN(c1ccc(Cl)c(Cl)c1)S(=O)(=O)c1ccc(C)cc1. The predicted molar refractivity (Wildman–Crippen MR) is 157 cm³/mol. The van der Waals surface area contributed by atoms with Crippen molar-refractivity contribution in [3.63, 3.8) is 0 Å². The summed E-state index contributed by atoms with van der Waals surface area (Å²) in [4.78, 5) is 28.6. The van der Waals surface area contributed by atoms with Crippen LogP contribution in [-0.2, 0) is 26.2 Å². The topological polar surface area (TPSA) is 86.8 Å². The fourth-order valence-corrected chi connectivity index (χ4v) is 5.79. The minimum atomic E-state index is -4.19. The molecule has 10 heteroatoms. The van der Waals surface area contributed by atoms with Crippen LogP contribution in [0.15, 0.2) is 77.7 Å². The number of amides is 2. The van der Waals surface area contributed by atoms with E-state index in [1.807, 2.05) is 58.0 Å². The quantitative estimate of drug-likeness (QED) is 0.305. The van der Waals surface area contributed by atoms with Gasteiger partial charge in [0.2, 0.25) is 11.8 Å². The van der Waals surface area contributed by atoms with E-state index in [0.717, 1.165) is 15.4 Å². The third-order valence-corrected chi connectivity index (χ3v) is 8.62. The van der Waals surface area contributed by atoms with E-state index in [4.69, 9.17) is 23.2 Å². The van der Waals surface area contributed by atoms with Gasteiger partial charge in [-0.1, -0.05) is 78.2 Å². The largest absolute Gasteiger partial charge is 0.352 e. The lowest BCUT2D eigenvalue weighted by Crippen LogP contribution is -2.53. The lowest BCUT2D eigenvalue weighted by Gasteiger charge is -2.33. The van der Waals surface area contributed by atoms with E-state index in [0.29, 0.717) is 6.42 Å². The lowest BCUT2D eigenvalue weighted by molar-refractivity contribution is -0.140. The first-order valence-corrected chi connectivity index (χ1v) is 14.8. The van der Waals surface area contributed by atoms with Crippen LogP contribution in [0.25, 0.3) is 0 Å². The first-order chi connectivity index (χ1) is 18.4. The molecule has 1 unspecified atom stereocenters. The normalized spacial score (nSPS) is 12.2. The van der Waals surface area contributed by atoms with Gasteiger partial charge >= 0.3 is 0 Å². The molecular formula is C29H33Cl2N3O4S. The first kappa shape index (κ1) is 30.5. The zero-order chi connectivity index (χ0) is 28.7. The molecule has 0 bridgehead atoms. The Labute approximate surface area is 240 Å². The van der Waals surface area contributed by atoms with Crippen LogP contribution in [-0.4, -0.2) is 43.8 Å². The summed E-state index contributed by atoms with van der Waals surface area (Å²) in [6.45, 7) is 6.93. The Kier molecular flexibility index (Phi) is 10.4. The Morgan fingerprint density at radius 3 is 2.13 bits per heavy atom. The molecule has 7 nitrogen and oxygen atoms in total. The summed E-state index contributed by atoms with van der Waals surface area (Å²) in [6.07, 6.45) is 0.342. The van der Waals surface area contributed by atoms with Gasteiger partial charge in [0.15, 0.2) is 0 Å². The van der Waals surface area contributed by atoms with Crippen molar-refractivity contribution in [3.05, 3.63) is 94.0 Å². The summed E-state index contributed by atoms with van der Waals surface area (Å²) in [7, 11) is -4.19. The minimum Gasteiger partial charge on any atom is -0.352 e. The number of hydrogen-bond donors (Lipinski definition) is 1. The van der Waals surface area contributed by atoms with Crippen LogP contribution in [0.4, 0.5) is 5.69 Å². The summed E-state index contributed by atoms with van der Waals surface area (Å²) in [5, 5.41) is 3.28. The Morgan fingerprint density at radius 2 is 1.56 bits per heavy atom. The van der Waals surface area contributed by atoms with E-state index in [1.165, 1.54) is 35.2 Å². The molecule has 0 aliphatic carbocycles. The van der Waals surface area contributed by atoms with Crippen molar-refractivity contribution in [2.45, 2.75) is 57.6 Å². The zero-order valence-corrected chi connectivity index (χ0v) is 24.7. The monoisotopic (exact) mass is 589 g/mol. The molecule has 0 heterocycles. The van der Waals surface area contributed by atoms with Crippen LogP contribution >= 0.6 is 23.2 Å². The van der Waals surface area contributed by atoms with Crippen molar-refractivity contribution < 1.29 is 18.0 Å². The average Bonchev–Trinajstić information content (AvgIpc) is 2.89. The van der Waals surface area contributed by atoms with E-state index in [9.17, 15) is 18.0 Å². The van der Waals surface area contributed by atoms with Gasteiger partial charge in [-0.05, 0) is 63.1 Å². The number of hydrogen-bond acceptors (Lipinski definition) is 4. The molecule has 0 fully saturated rings. The number of rotatable bonds is 11. The van der Waals surface area contributed by atoms with Crippen molar-refractivity contribution in [1.29, 1.82) is 0 Å². The highest BCUT2D eigenvalue weighted by molar-refractivity contribution is 7.92. The lowest BCUT2D eigenvalue weighted by atomic mass is 10.1. The van der Waals surface area contributed by atoms with Crippen LogP contribution in [0.5, 0.6) is 0 Å². The predicted octanol–water partition coefficient (Wildman–Crippen LogP) is 5.83. The van der Waals surface area contributed by atoms with Crippen molar-refractivity contribution >= 4 is 50.7 Å². The molecule has 2 amide bonds. The summed E-state index contributed by atoms with van der Waals surface area (Å²) >= 11 is 12.3. The van der Waals surface area contributed by atoms with Crippen molar-refractivity contribution in [2.75, 3.05) is 10.8 Å². The fraction of sp³-hybridized carbons (Fsp3) is 0.310. The number of nitrogens with zero attached hydrogens (tertiary/aromatic N) is 2. The number of halogens is 2. The Morgan fingerprint density at radius 1 is 0.923 bits per heavy atom. The number of sulfonamides is 1. The second-order valence-corrected chi connectivity index (χ2v) is 12.2.